The highest BCUT2D eigenvalue weighted by Gasteiger charge is 2.23. The normalized spacial score (nSPS) is 11.7. The molecular weight excluding hydrogens is 188 g/mol. The minimum Gasteiger partial charge on any atom is -0.394 e. The Bertz CT molecular complexity index is 262. The first kappa shape index (κ1) is 12.1. The van der Waals surface area contributed by atoms with Gasteiger partial charge in [-0.3, -0.25) is 4.98 Å². The Hall–Kier alpha value is -0.930. The zero-order valence-electron chi connectivity index (χ0n) is 9.53. The van der Waals surface area contributed by atoms with Gasteiger partial charge in [-0.2, -0.15) is 0 Å². The maximum atomic E-state index is 9.38. The molecule has 1 heterocycles. The number of nitrogens with zero attached hydrogens (tertiary/aromatic N) is 1. The van der Waals surface area contributed by atoms with Crippen LogP contribution in [0, 0.1) is 0 Å². The van der Waals surface area contributed by atoms with Crippen LogP contribution in [-0.2, 0) is 6.54 Å². The third-order valence-corrected chi connectivity index (χ3v) is 3.05. The van der Waals surface area contributed by atoms with E-state index in [0.29, 0.717) is 0 Å². The van der Waals surface area contributed by atoms with Crippen molar-refractivity contribution in [3.63, 3.8) is 0 Å². The standard InChI is InChI=1S/C12H20N2O/c1-3-12(4-2,10-15)14-9-11-6-5-7-13-8-11/h5-8,14-15H,3-4,9-10H2,1-2H3. The molecule has 0 radical (unpaired) electrons. The lowest BCUT2D eigenvalue weighted by atomic mass is 9.93. The molecule has 0 saturated carbocycles. The molecule has 3 heteroatoms. The zero-order valence-corrected chi connectivity index (χ0v) is 9.53. The molecule has 1 rings (SSSR count). The molecule has 0 saturated heterocycles. The average Bonchev–Trinajstić information content (AvgIpc) is 2.33. The summed E-state index contributed by atoms with van der Waals surface area (Å²) in [7, 11) is 0. The number of aliphatic hydroxyl groups is 1. The van der Waals surface area contributed by atoms with Crippen LogP contribution in [0.3, 0.4) is 0 Å². The number of aliphatic hydroxyl groups excluding tert-OH is 1. The van der Waals surface area contributed by atoms with Crippen molar-refractivity contribution in [3.8, 4) is 0 Å². The van der Waals surface area contributed by atoms with Gasteiger partial charge in [0.2, 0.25) is 0 Å². The van der Waals surface area contributed by atoms with Gasteiger partial charge in [0.1, 0.15) is 0 Å². The van der Waals surface area contributed by atoms with E-state index in [1.165, 1.54) is 0 Å². The van der Waals surface area contributed by atoms with Gasteiger partial charge in [-0.1, -0.05) is 19.9 Å². The first-order valence-corrected chi connectivity index (χ1v) is 5.51. The van der Waals surface area contributed by atoms with E-state index < -0.39 is 0 Å². The van der Waals surface area contributed by atoms with Gasteiger partial charge in [-0.15, -0.1) is 0 Å². The van der Waals surface area contributed by atoms with Gasteiger partial charge in [0.15, 0.2) is 0 Å². The number of nitrogens with one attached hydrogen (secondary N) is 1. The summed E-state index contributed by atoms with van der Waals surface area (Å²) < 4.78 is 0. The van der Waals surface area contributed by atoms with E-state index in [2.05, 4.69) is 24.1 Å². The van der Waals surface area contributed by atoms with Crippen molar-refractivity contribution < 1.29 is 5.11 Å². The lowest BCUT2D eigenvalue weighted by Crippen LogP contribution is -2.47. The second kappa shape index (κ2) is 5.83. The molecule has 0 amide bonds. The Balaban J connectivity index is 2.54. The minimum absolute atomic E-state index is 0.143. The van der Waals surface area contributed by atoms with E-state index in [4.69, 9.17) is 0 Å². The predicted molar refractivity (Wildman–Crippen MR) is 61.5 cm³/mol. The van der Waals surface area contributed by atoms with Crippen LogP contribution < -0.4 is 5.32 Å². The second-order valence-electron chi connectivity index (χ2n) is 3.86. The van der Waals surface area contributed by atoms with E-state index in [1.807, 2.05) is 18.3 Å². The molecule has 15 heavy (non-hydrogen) atoms. The summed E-state index contributed by atoms with van der Waals surface area (Å²) in [5.41, 5.74) is 1.01. The molecule has 0 aliphatic rings. The number of hydrogen-bond donors (Lipinski definition) is 2. The van der Waals surface area contributed by atoms with E-state index in [9.17, 15) is 5.11 Å². The minimum atomic E-state index is -0.143. The quantitative estimate of drug-likeness (QED) is 0.748. The summed E-state index contributed by atoms with van der Waals surface area (Å²) in [6.07, 6.45) is 5.48. The fraction of sp³-hybridized carbons (Fsp3) is 0.583. The Kier molecular flexibility index (Phi) is 4.72. The Morgan fingerprint density at radius 3 is 2.60 bits per heavy atom. The number of rotatable bonds is 6. The maximum absolute atomic E-state index is 9.38. The molecule has 0 aliphatic carbocycles. The summed E-state index contributed by atoms with van der Waals surface area (Å²) in [4.78, 5) is 4.06. The molecule has 3 nitrogen and oxygen atoms in total. The predicted octanol–water partition coefficient (Wildman–Crippen LogP) is 1.72. The molecule has 84 valence electrons. The van der Waals surface area contributed by atoms with Crippen molar-refractivity contribution in [1.29, 1.82) is 0 Å². The maximum Gasteiger partial charge on any atom is 0.0613 e. The van der Waals surface area contributed by atoms with Crippen LogP contribution in [0.25, 0.3) is 0 Å². The van der Waals surface area contributed by atoms with Crippen molar-refractivity contribution >= 4 is 0 Å². The van der Waals surface area contributed by atoms with Gasteiger partial charge in [0.25, 0.3) is 0 Å². The van der Waals surface area contributed by atoms with E-state index in [1.54, 1.807) is 6.20 Å². The van der Waals surface area contributed by atoms with Crippen molar-refractivity contribution in [2.45, 2.75) is 38.8 Å². The van der Waals surface area contributed by atoms with Crippen molar-refractivity contribution in [1.82, 2.24) is 10.3 Å². The van der Waals surface area contributed by atoms with Gasteiger partial charge in [-0.25, -0.2) is 0 Å². The fourth-order valence-electron chi connectivity index (χ4n) is 1.57. The van der Waals surface area contributed by atoms with Crippen LogP contribution in [0.1, 0.15) is 32.3 Å². The van der Waals surface area contributed by atoms with Gasteiger partial charge in [-0.05, 0) is 24.5 Å². The summed E-state index contributed by atoms with van der Waals surface area (Å²) in [6, 6.07) is 3.96. The zero-order chi connectivity index (χ0) is 11.1. The van der Waals surface area contributed by atoms with E-state index >= 15 is 0 Å². The molecule has 0 bridgehead atoms. The SMILES string of the molecule is CCC(CC)(CO)NCc1cccnc1. The van der Waals surface area contributed by atoms with Gasteiger partial charge in [0.05, 0.1) is 6.61 Å². The topological polar surface area (TPSA) is 45.1 Å². The highest BCUT2D eigenvalue weighted by molar-refractivity contribution is 5.08. The Morgan fingerprint density at radius 2 is 2.13 bits per heavy atom. The molecule has 0 unspecified atom stereocenters. The molecule has 0 aliphatic heterocycles. The van der Waals surface area contributed by atoms with Crippen LogP contribution in [0.2, 0.25) is 0 Å². The summed E-state index contributed by atoms with van der Waals surface area (Å²) in [6.45, 7) is 5.13. The first-order valence-electron chi connectivity index (χ1n) is 5.51. The highest BCUT2D eigenvalue weighted by Crippen LogP contribution is 2.14. The molecule has 0 fully saturated rings. The number of pyridine rings is 1. The van der Waals surface area contributed by atoms with Crippen LogP contribution in [0.4, 0.5) is 0 Å². The number of aromatic nitrogens is 1. The molecule has 1 aromatic rings. The molecule has 0 aromatic carbocycles. The van der Waals surface area contributed by atoms with Crippen LogP contribution in [0.15, 0.2) is 24.5 Å². The van der Waals surface area contributed by atoms with Crippen LogP contribution in [-0.4, -0.2) is 22.2 Å². The molecule has 0 atom stereocenters. The van der Waals surface area contributed by atoms with Crippen molar-refractivity contribution in [2.24, 2.45) is 0 Å². The summed E-state index contributed by atoms with van der Waals surface area (Å²) >= 11 is 0. The summed E-state index contributed by atoms with van der Waals surface area (Å²) in [5.74, 6) is 0. The molecule has 1 aromatic heterocycles. The van der Waals surface area contributed by atoms with Gasteiger partial charge in [0, 0.05) is 24.5 Å². The van der Waals surface area contributed by atoms with Crippen molar-refractivity contribution in [3.05, 3.63) is 30.1 Å². The lowest BCUT2D eigenvalue weighted by Gasteiger charge is -2.30. The number of hydrogen-bond acceptors (Lipinski definition) is 3. The van der Waals surface area contributed by atoms with Gasteiger partial charge < -0.3 is 10.4 Å². The third-order valence-electron chi connectivity index (χ3n) is 3.05. The molecule has 0 spiro atoms. The smallest absolute Gasteiger partial charge is 0.0613 e. The van der Waals surface area contributed by atoms with E-state index in [0.717, 1.165) is 24.9 Å². The molecule has 2 N–H and O–H groups in total. The fourth-order valence-corrected chi connectivity index (χ4v) is 1.57. The third kappa shape index (κ3) is 3.29. The van der Waals surface area contributed by atoms with E-state index in [-0.39, 0.29) is 12.1 Å². The highest BCUT2D eigenvalue weighted by atomic mass is 16.3. The van der Waals surface area contributed by atoms with Gasteiger partial charge >= 0.3 is 0 Å². The summed E-state index contributed by atoms with van der Waals surface area (Å²) in [5, 5.41) is 12.8. The Morgan fingerprint density at radius 1 is 1.40 bits per heavy atom. The largest absolute Gasteiger partial charge is 0.394 e. The average molecular weight is 208 g/mol. The lowest BCUT2D eigenvalue weighted by molar-refractivity contribution is 0.149. The van der Waals surface area contributed by atoms with Crippen molar-refractivity contribution in [2.75, 3.05) is 6.61 Å². The Labute approximate surface area is 91.5 Å². The monoisotopic (exact) mass is 208 g/mol. The second-order valence-corrected chi connectivity index (χ2v) is 3.86. The van der Waals surface area contributed by atoms with Crippen LogP contribution >= 0.6 is 0 Å². The van der Waals surface area contributed by atoms with Crippen LogP contribution in [0.5, 0.6) is 0 Å². The first-order chi connectivity index (χ1) is 7.26. The molecular formula is C12H20N2O.